The van der Waals surface area contributed by atoms with Crippen molar-refractivity contribution in [2.24, 2.45) is 0 Å². The first-order valence-corrected chi connectivity index (χ1v) is 9.99. The Kier molecular flexibility index (Phi) is 19.9. The molecule has 0 aromatic rings. The van der Waals surface area contributed by atoms with Gasteiger partial charge in [0.15, 0.2) is 0 Å². The predicted octanol–water partition coefficient (Wildman–Crippen LogP) is 2.09. The summed E-state index contributed by atoms with van der Waals surface area (Å²) in [7, 11) is 0. The molecule has 0 heterocycles. The van der Waals surface area contributed by atoms with Gasteiger partial charge in [-0.25, -0.2) is 0 Å². The Morgan fingerprint density at radius 1 is 0.632 bits per heavy atom. The van der Waals surface area contributed by atoms with E-state index in [0.717, 1.165) is 34.5 Å². The van der Waals surface area contributed by atoms with Gasteiger partial charge < -0.3 is 10.2 Å². The molecule has 2 N–H and O–H groups in total. The molecule has 19 heavy (non-hydrogen) atoms. The molecule has 0 aliphatic heterocycles. The molecule has 0 saturated carbocycles. The summed E-state index contributed by atoms with van der Waals surface area (Å²) in [6.07, 6.45) is 0. The molecule has 0 atom stereocenters. The third kappa shape index (κ3) is 21.4. The topological polar surface area (TPSA) is 74.6 Å². The largest absolute Gasteiger partial charge is 3.00 e. The third-order valence-electron chi connectivity index (χ3n) is 1.57. The van der Waals surface area contributed by atoms with Crippen LogP contribution in [-0.2, 0) is 29.1 Å². The molecule has 112 valence electrons. The van der Waals surface area contributed by atoms with Crippen LogP contribution >= 0.6 is 47.0 Å². The van der Waals surface area contributed by atoms with Gasteiger partial charge >= 0.3 is 31.4 Å². The summed E-state index contributed by atoms with van der Waals surface area (Å²) in [6, 6.07) is 0. The zero-order valence-corrected chi connectivity index (χ0v) is 15.2. The Hall–Kier alpha value is 0.963. The number of hydrogen-bond donors (Lipinski definition) is 2. The number of carboxylic acid groups (broad SMARTS) is 2. The van der Waals surface area contributed by atoms with Gasteiger partial charge in [-0.05, 0) is 0 Å². The molecular formula is C10H18O4RhS4+3. The molecule has 0 spiro atoms. The molecule has 0 aromatic heterocycles. The molecule has 9 heteroatoms. The number of thioether (sulfide) groups is 4. The maximum Gasteiger partial charge on any atom is 3.00 e. The quantitative estimate of drug-likeness (QED) is 0.337. The van der Waals surface area contributed by atoms with Crippen molar-refractivity contribution in [3.8, 4) is 0 Å². The second kappa shape index (κ2) is 17.0. The number of hydrogen-bond acceptors (Lipinski definition) is 6. The third-order valence-corrected chi connectivity index (χ3v) is 6.20. The van der Waals surface area contributed by atoms with Crippen LogP contribution in [0.3, 0.4) is 0 Å². The van der Waals surface area contributed by atoms with E-state index in [9.17, 15) is 9.59 Å². The molecule has 0 radical (unpaired) electrons. The Morgan fingerprint density at radius 3 is 1.16 bits per heavy atom. The summed E-state index contributed by atoms with van der Waals surface area (Å²) in [5.41, 5.74) is 0. The van der Waals surface area contributed by atoms with Gasteiger partial charge in [-0.1, -0.05) is 0 Å². The molecule has 0 fully saturated rings. The Balaban J connectivity index is 0. The maximum absolute atomic E-state index is 10.2. The monoisotopic (exact) mass is 435 g/mol. The van der Waals surface area contributed by atoms with Gasteiger partial charge in [0.05, 0.1) is 11.5 Å². The van der Waals surface area contributed by atoms with Crippen LogP contribution in [0.2, 0.25) is 0 Å². The minimum absolute atomic E-state index is 0. The van der Waals surface area contributed by atoms with E-state index in [1.165, 1.54) is 23.5 Å². The molecular weight excluding hydrogens is 417 g/mol. The average Bonchev–Trinajstić information content (AvgIpc) is 2.29. The van der Waals surface area contributed by atoms with Crippen LogP contribution in [-0.4, -0.2) is 68.2 Å². The average molecular weight is 435 g/mol. The van der Waals surface area contributed by atoms with E-state index in [0.29, 0.717) is 0 Å². The first kappa shape index (κ1) is 22.2. The van der Waals surface area contributed by atoms with Crippen LogP contribution < -0.4 is 0 Å². The molecule has 0 rings (SSSR count). The normalized spacial score (nSPS) is 9.89. The van der Waals surface area contributed by atoms with Gasteiger partial charge in [0.1, 0.15) is 0 Å². The van der Waals surface area contributed by atoms with E-state index in [2.05, 4.69) is 0 Å². The second-order valence-electron chi connectivity index (χ2n) is 3.12. The van der Waals surface area contributed by atoms with Crippen molar-refractivity contribution in [2.45, 2.75) is 0 Å². The smallest absolute Gasteiger partial charge is 0.481 e. The van der Waals surface area contributed by atoms with Crippen molar-refractivity contribution < 1.29 is 39.3 Å². The molecule has 0 bridgehead atoms. The fourth-order valence-corrected chi connectivity index (χ4v) is 4.75. The van der Waals surface area contributed by atoms with Gasteiger partial charge in [0.2, 0.25) is 0 Å². The van der Waals surface area contributed by atoms with E-state index in [1.54, 1.807) is 0 Å². The van der Waals surface area contributed by atoms with Crippen molar-refractivity contribution >= 4 is 59.0 Å². The number of carbonyl (C=O) groups is 2. The van der Waals surface area contributed by atoms with Crippen molar-refractivity contribution in [3.05, 3.63) is 0 Å². The Labute approximate surface area is 143 Å². The summed E-state index contributed by atoms with van der Waals surface area (Å²) in [6.45, 7) is 0. The summed E-state index contributed by atoms with van der Waals surface area (Å²) in [5.74, 6) is 4.78. The number of carboxylic acids is 2. The standard InChI is InChI=1S/C10H18O4S4.Rh/c11-9(12)7-17-5-3-15-1-2-16-4-6-18-8-10(13)14;/h1-8H2,(H,11,12)(H,13,14);/q;+3/i;1+2. The fourth-order valence-electron chi connectivity index (χ4n) is 0.877. The van der Waals surface area contributed by atoms with E-state index >= 15 is 0 Å². The molecule has 0 saturated heterocycles. The second-order valence-corrected chi connectivity index (χ2v) is 7.78. The fraction of sp³-hybridized carbons (Fsp3) is 0.800. The van der Waals surface area contributed by atoms with Crippen LogP contribution in [0.15, 0.2) is 0 Å². The zero-order valence-electron chi connectivity index (χ0n) is 10.3. The predicted molar refractivity (Wildman–Crippen MR) is 84.6 cm³/mol. The number of rotatable bonds is 13. The van der Waals surface area contributed by atoms with Gasteiger partial charge in [-0.2, -0.15) is 23.5 Å². The molecule has 0 aromatic carbocycles. The summed E-state index contributed by atoms with van der Waals surface area (Å²) >= 11 is 6.58. The SMILES string of the molecule is O=C(O)CSCCSCCSCCSCC(=O)O.[105Rh+3]. The van der Waals surface area contributed by atoms with Crippen LogP contribution in [0.1, 0.15) is 0 Å². The zero-order chi connectivity index (χ0) is 13.6. The van der Waals surface area contributed by atoms with E-state index in [1.807, 2.05) is 23.5 Å². The van der Waals surface area contributed by atoms with Crippen LogP contribution in [0, 0.1) is 0 Å². The minimum atomic E-state index is -0.751. The Bertz CT molecular complexity index is 220. The van der Waals surface area contributed by atoms with Crippen molar-refractivity contribution in [3.63, 3.8) is 0 Å². The Morgan fingerprint density at radius 2 is 0.895 bits per heavy atom. The van der Waals surface area contributed by atoms with Crippen LogP contribution in [0.5, 0.6) is 0 Å². The van der Waals surface area contributed by atoms with Crippen LogP contribution in [0.4, 0.5) is 0 Å². The molecule has 0 unspecified atom stereocenters. The molecule has 0 aliphatic carbocycles. The minimum Gasteiger partial charge on any atom is -0.481 e. The van der Waals surface area contributed by atoms with Gasteiger partial charge in [-0.3, -0.25) is 9.59 Å². The van der Waals surface area contributed by atoms with E-state index in [-0.39, 0.29) is 31.0 Å². The number of aliphatic carboxylic acids is 2. The van der Waals surface area contributed by atoms with E-state index in [4.69, 9.17) is 10.2 Å². The van der Waals surface area contributed by atoms with Gasteiger partial charge in [0.25, 0.3) is 0 Å². The van der Waals surface area contributed by atoms with E-state index < -0.39 is 11.9 Å². The summed E-state index contributed by atoms with van der Waals surface area (Å²) in [4.78, 5) is 20.5. The summed E-state index contributed by atoms with van der Waals surface area (Å²) in [5, 5.41) is 16.8. The van der Waals surface area contributed by atoms with Crippen molar-refractivity contribution in [2.75, 3.05) is 46.0 Å². The maximum atomic E-state index is 10.2. The van der Waals surface area contributed by atoms with Crippen molar-refractivity contribution in [1.29, 1.82) is 0 Å². The molecule has 4 nitrogen and oxygen atoms in total. The molecule has 0 amide bonds. The van der Waals surface area contributed by atoms with Gasteiger partial charge in [0, 0.05) is 34.5 Å². The first-order valence-electron chi connectivity index (χ1n) is 5.37. The van der Waals surface area contributed by atoms with Gasteiger partial charge in [-0.15, -0.1) is 23.5 Å². The first-order chi connectivity index (χ1) is 8.63. The van der Waals surface area contributed by atoms with Crippen LogP contribution in [0.25, 0.3) is 0 Å². The van der Waals surface area contributed by atoms with Crippen molar-refractivity contribution in [1.82, 2.24) is 0 Å². The summed E-state index contributed by atoms with van der Waals surface area (Å²) < 4.78 is 0. The molecule has 0 aliphatic rings.